The molecule has 0 spiro atoms. The molecular formula is C22H31NO6. The van der Waals surface area contributed by atoms with Crippen LogP contribution in [0, 0.1) is 10.8 Å². The Labute approximate surface area is 172 Å². The number of esters is 1. The van der Waals surface area contributed by atoms with Crippen LogP contribution in [0.15, 0.2) is 12.1 Å². The Hall–Kier alpha value is -2.44. The normalized spacial score (nSPS) is 24.8. The van der Waals surface area contributed by atoms with Gasteiger partial charge < -0.3 is 23.8 Å². The maximum Gasteiger partial charge on any atom is 0.338 e. The van der Waals surface area contributed by atoms with Crippen LogP contribution >= 0.6 is 0 Å². The number of carbonyl (C=O) groups is 2. The molecule has 7 heteroatoms. The number of benzene rings is 1. The molecule has 1 aliphatic carbocycles. The average Bonchev–Trinajstić information content (AvgIpc) is 2.93. The molecule has 1 amide bonds. The standard InChI is InChI=1S/C22H31NO6/c1-21(2)9-15-10-22(3,12-21)13-23(15)18(24)11-29-20(25)14-7-16(26-4)19(28-6)17(8-14)27-5/h7-8,15H,9-13H2,1-6H3/t15-,22-/m0/s1. The number of nitrogens with zero attached hydrogens (tertiary/aromatic N) is 1. The van der Waals surface area contributed by atoms with Gasteiger partial charge in [-0.3, -0.25) is 4.79 Å². The summed E-state index contributed by atoms with van der Waals surface area (Å²) < 4.78 is 21.1. The van der Waals surface area contributed by atoms with Crippen LogP contribution in [-0.4, -0.2) is 57.3 Å². The Kier molecular flexibility index (Phi) is 5.70. The minimum absolute atomic E-state index is 0.141. The lowest BCUT2D eigenvalue weighted by Gasteiger charge is -2.39. The molecule has 2 aliphatic rings. The number of ether oxygens (including phenoxy) is 4. The van der Waals surface area contributed by atoms with Gasteiger partial charge in [-0.2, -0.15) is 0 Å². The van der Waals surface area contributed by atoms with Crippen LogP contribution in [-0.2, 0) is 9.53 Å². The minimum atomic E-state index is -0.605. The van der Waals surface area contributed by atoms with Crippen LogP contribution in [0.3, 0.4) is 0 Å². The molecule has 1 aromatic rings. The highest BCUT2D eigenvalue weighted by atomic mass is 16.5. The van der Waals surface area contributed by atoms with Crippen LogP contribution in [0.4, 0.5) is 0 Å². The summed E-state index contributed by atoms with van der Waals surface area (Å²) in [7, 11) is 4.44. The average molecular weight is 405 g/mol. The maximum atomic E-state index is 12.8. The van der Waals surface area contributed by atoms with Gasteiger partial charge in [-0.1, -0.05) is 20.8 Å². The number of amides is 1. The monoisotopic (exact) mass is 405 g/mol. The van der Waals surface area contributed by atoms with Crippen molar-refractivity contribution in [3.05, 3.63) is 17.7 Å². The number of methoxy groups -OCH3 is 3. The number of fused-ring (bicyclic) bond motifs is 2. The van der Waals surface area contributed by atoms with E-state index >= 15 is 0 Å². The quantitative estimate of drug-likeness (QED) is 0.676. The van der Waals surface area contributed by atoms with E-state index in [0.29, 0.717) is 17.2 Å². The molecule has 0 N–H and O–H groups in total. The molecular weight excluding hydrogens is 374 g/mol. The summed E-state index contributed by atoms with van der Waals surface area (Å²) in [6, 6.07) is 3.25. The summed E-state index contributed by atoms with van der Waals surface area (Å²) in [6.45, 7) is 7.21. The van der Waals surface area contributed by atoms with Gasteiger partial charge in [0.2, 0.25) is 5.75 Å². The first-order valence-electron chi connectivity index (χ1n) is 9.88. The molecule has 2 atom stereocenters. The van der Waals surface area contributed by atoms with Crippen molar-refractivity contribution in [2.24, 2.45) is 10.8 Å². The van der Waals surface area contributed by atoms with Crippen molar-refractivity contribution >= 4 is 11.9 Å². The zero-order chi connectivity index (χ0) is 21.4. The van der Waals surface area contributed by atoms with Gasteiger partial charge in [-0.15, -0.1) is 0 Å². The zero-order valence-corrected chi connectivity index (χ0v) is 18.2. The number of hydrogen-bond donors (Lipinski definition) is 0. The molecule has 0 unspecified atom stereocenters. The SMILES string of the molecule is COc1cc(C(=O)OCC(=O)N2C[C@@]3(C)C[C@@H]2CC(C)(C)C3)cc(OC)c1OC. The van der Waals surface area contributed by atoms with E-state index in [4.69, 9.17) is 18.9 Å². The molecule has 160 valence electrons. The Morgan fingerprint density at radius 2 is 1.66 bits per heavy atom. The van der Waals surface area contributed by atoms with Crippen molar-refractivity contribution < 1.29 is 28.5 Å². The molecule has 1 saturated carbocycles. The van der Waals surface area contributed by atoms with E-state index in [1.54, 1.807) is 0 Å². The number of rotatable bonds is 6. The molecule has 0 radical (unpaired) electrons. The summed E-state index contributed by atoms with van der Waals surface area (Å²) >= 11 is 0. The first-order chi connectivity index (χ1) is 13.6. The van der Waals surface area contributed by atoms with Crippen LogP contribution < -0.4 is 14.2 Å². The molecule has 1 aromatic carbocycles. The largest absolute Gasteiger partial charge is 0.493 e. The fourth-order valence-corrected chi connectivity index (χ4v) is 5.24. The van der Waals surface area contributed by atoms with Crippen molar-refractivity contribution in [3.63, 3.8) is 0 Å². The van der Waals surface area contributed by atoms with E-state index in [2.05, 4.69) is 20.8 Å². The first-order valence-corrected chi connectivity index (χ1v) is 9.88. The van der Waals surface area contributed by atoms with Crippen LogP contribution in [0.5, 0.6) is 17.2 Å². The van der Waals surface area contributed by atoms with Crippen molar-refractivity contribution in [2.75, 3.05) is 34.5 Å². The second-order valence-electron chi connectivity index (χ2n) is 9.23. The second kappa shape index (κ2) is 7.76. The highest BCUT2D eigenvalue weighted by molar-refractivity contribution is 5.93. The van der Waals surface area contributed by atoms with Crippen molar-refractivity contribution in [2.45, 2.75) is 46.1 Å². The van der Waals surface area contributed by atoms with Gasteiger partial charge in [0.1, 0.15) is 0 Å². The van der Waals surface area contributed by atoms with E-state index in [0.717, 1.165) is 25.8 Å². The Morgan fingerprint density at radius 1 is 1.03 bits per heavy atom. The van der Waals surface area contributed by atoms with E-state index in [9.17, 15) is 9.59 Å². The predicted octanol–water partition coefficient (Wildman–Crippen LogP) is 3.30. The van der Waals surface area contributed by atoms with E-state index in [1.165, 1.54) is 33.5 Å². The lowest BCUT2D eigenvalue weighted by Crippen LogP contribution is -2.39. The van der Waals surface area contributed by atoms with Gasteiger partial charge in [0, 0.05) is 12.6 Å². The summed E-state index contributed by atoms with van der Waals surface area (Å²) in [5, 5.41) is 0. The smallest absolute Gasteiger partial charge is 0.338 e. The van der Waals surface area contributed by atoms with Gasteiger partial charge in [-0.25, -0.2) is 4.79 Å². The predicted molar refractivity (Wildman–Crippen MR) is 108 cm³/mol. The van der Waals surface area contributed by atoms with Gasteiger partial charge >= 0.3 is 5.97 Å². The van der Waals surface area contributed by atoms with Gasteiger partial charge in [0.15, 0.2) is 18.1 Å². The summed E-state index contributed by atoms with van der Waals surface area (Å²) in [5.41, 5.74) is 0.600. The molecule has 1 heterocycles. The van der Waals surface area contributed by atoms with E-state index in [-0.39, 0.29) is 34.9 Å². The van der Waals surface area contributed by atoms with Crippen LogP contribution in [0.1, 0.15) is 50.4 Å². The van der Waals surface area contributed by atoms with Gasteiger partial charge in [0.05, 0.1) is 26.9 Å². The Morgan fingerprint density at radius 3 is 2.21 bits per heavy atom. The van der Waals surface area contributed by atoms with Crippen molar-refractivity contribution in [1.82, 2.24) is 4.90 Å². The maximum absolute atomic E-state index is 12.8. The van der Waals surface area contributed by atoms with E-state index in [1.807, 2.05) is 4.90 Å². The van der Waals surface area contributed by atoms with Gasteiger partial charge in [0.25, 0.3) is 5.91 Å². The number of carbonyl (C=O) groups excluding carboxylic acids is 2. The van der Waals surface area contributed by atoms with Crippen molar-refractivity contribution in [1.29, 1.82) is 0 Å². The third kappa shape index (κ3) is 4.28. The van der Waals surface area contributed by atoms with Gasteiger partial charge in [-0.05, 0) is 42.2 Å². The summed E-state index contributed by atoms with van der Waals surface area (Å²) in [5.74, 6) is 0.355. The Bertz CT molecular complexity index is 779. The zero-order valence-electron chi connectivity index (χ0n) is 18.2. The number of hydrogen-bond acceptors (Lipinski definition) is 6. The van der Waals surface area contributed by atoms with Crippen LogP contribution in [0.25, 0.3) is 0 Å². The summed E-state index contributed by atoms with van der Waals surface area (Å²) in [4.78, 5) is 27.3. The van der Waals surface area contributed by atoms with E-state index < -0.39 is 5.97 Å². The van der Waals surface area contributed by atoms with Crippen molar-refractivity contribution in [3.8, 4) is 17.2 Å². The highest BCUT2D eigenvalue weighted by Gasteiger charge is 2.50. The summed E-state index contributed by atoms with van der Waals surface area (Å²) in [6.07, 6.45) is 3.10. The first kappa shape index (κ1) is 21.3. The molecule has 3 rings (SSSR count). The molecule has 2 fully saturated rings. The number of likely N-dealkylation sites (tertiary alicyclic amines) is 1. The third-order valence-corrected chi connectivity index (χ3v) is 5.96. The molecule has 7 nitrogen and oxygen atoms in total. The van der Waals surface area contributed by atoms with Crippen LogP contribution in [0.2, 0.25) is 0 Å². The molecule has 29 heavy (non-hydrogen) atoms. The molecule has 1 saturated heterocycles. The molecule has 1 aliphatic heterocycles. The Balaban J connectivity index is 1.68. The lowest BCUT2D eigenvalue weighted by molar-refractivity contribution is -0.135. The second-order valence-corrected chi connectivity index (χ2v) is 9.23. The highest BCUT2D eigenvalue weighted by Crippen LogP contribution is 2.52. The lowest BCUT2D eigenvalue weighted by atomic mass is 9.65. The minimum Gasteiger partial charge on any atom is -0.493 e. The topological polar surface area (TPSA) is 74.3 Å². The molecule has 0 aromatic heterocycles. The molecule has 2 bridgehead atoms. The third-order valence-electron chi connectivity index (χ3n) is 5.96. The fourth-order valence-electron chi connectivity index (χ4n) is 5.24. The fraction of sp³-hybridized carbons (Fsp3) is 0.636.